The van der Waals surface area contributed by atoms with Crippen LogP contribution in [0.25, 0.3) is 0 Å². The fraction of sp³-hybridized carbons (Fsp3) is 0.143. The standard InChI is InChI=1S/C7H9NO3S.Na/c1-5-2-6(8)4-7(3-5)12(9,10)11;/h2-4H,8H2,1H3,(H,9,10,11);/q;+1/p-1. The van der Waals surface area contributed by atoms with Crippen LogP contribution in [-0.2, 0) is 10.1 Å². The van der Waals surface area contributed by atoms with E-state index in [1.807, 2.05) is 0 Å². The number of anilines is 1. The van der Waals surface area contributed by atoms with E-state index in [0.29, 0.717) is 5.56 Å². The van der Waals surface area contributed by atoms with Crippen molar-refractivity contribution in [2.24, 2.45) is 0 Å². The van der Waals surface area contributed by atoms with Crippen molar-refractivity contribution in [2.45, 2.75) is 11.8 Å². The number of hydrogen-bond donors (Lipinski definition) is 1. The third-order valence-corrected chi connectivity index (χ3v) is 2.17. The van der Waals surface area contributed by atoms with Gasteiger partial charge in [0.25, 0.3) is 0 Å². The summed E-state index contributed by atoms with van der Waals surface area (Å²) in [6.45, 7) is 1.67. The Morgan fingerprint density at radius 3 is 2.23 bits per heavy atom. The molecule has 0 spiro atoms. The summed E-state index contributed by atoms with van der Waals surface area (Å²) in [6, 6.07) is 4.03. The summed E-state index contributed by atoms with van der Waals surface area (Å²) in [5.74, 6) is 0. The Kier molecular flexibility index (Phi) is 4.41. The molecule has 2 N–H and O–H groups in total. The van der Waals surface area contributed by atoms with Crippen LogP contribution in [0, 0.1) is 6.92 Å². The Balaban J connectivity index is 0.00000144. The predicted molar refractivity (Wildman–Crippen MR) is 43.6 cm³/mol. The first-order valence-corrected chi connectivity index (χ1v) is 4.63. The van der Waals surface area contributed by atoms with Gasteiger partial charge in [-0.25, -0.2) is 8.42 Å². The Morgan fingerprint density at radius 2 is 1.85 bits per heavy atom. The van der Waals surface area contributed by atoms with Gasteiger partial charge in [-0.3, -0.25) is 0 Å². The molecule has 0 radical (unpaired) electrons. The summed E-state index contributed by atoms with van der Waals surface area (Å²) < 4.78 is 31.6. The van der Waals surface area contributed by atoms with Gasteiger partial charge in [0.1, 0.15) is 10.1 Å². The molecule has 0 aromatic heterocycles. The Morgan fingerprint density at radius 1 is 1.31 bits per heavy atom. The molecular formula is C7H8NNaO3S. The molecule has 0 aliphatic heterocycles. The molecule has 0 unspecified atom stereocenters. The number of benzene rings is 1. The van der Waals surface area contributed by atoms with E-state index in [4.69, 9.17) is 5.73 Å². The maximum atomic E-state index is 10.5. The van der Waals surface area contributed by atoms with Gasteiger partial charge in [0.05, 0.1) is 4.90 Å². The zero-order chi connectivity index (χ0) is 9.35. The van der Waals surface area contributed by atoms with E-state index in [0.717, 1.165) is 6.07 Å². The van der Waals surface area contributed by atoms with Crippen molar-refractivity contribution < 1.29 is 42.5 Å². The van der Waals surface area contributed by atoms with E-state index >= 15 is 0 Å². The number of hydrogen-bond acceptors (Lipinski definition) is 4. The van der Waals surface area contributed by atoms with Crippen LogP contribution in [0.1, 0.15) is 5.56 Å². The quantitative estimate of drug-likeness (QED) is 0.314. The van der Waals surface area contributed by atoms with E-state index < -0.39 is 10.1 Å². The van der Waals surface area contributed by atoms with E-state index in [1.165, 1.54) is 6.07 Å². The molecule has 0 saturated heterocycles. The third kappa shape index (κ3) is 3.66. The molecule has 0 aliphatic rings. The van der Waals surface area contributed by atoms with Crippen molar-refractivity contribution in [3.8, 4) is 0 Å². The molecule has 0 fully saturated rings. The fourth-order valence-electron chi connectivity index (χ4n) is 0.921. The van der Waals surface area contributed by atoms with Gasteiger partial charge in [0, 0.05) is 5.69 Å². The first-order chi connectivity index (χ1) is 5.39. The molecule has 0 amide bonds. The van der Waals surface area contributed by atoms with Crippen LogP contribution in [0.15, 0.2) is 23.1 Å². The fourth-order valence-corrected chi connectivity index (χ4v) is 1.53. The van der Waals surface area contributed by atoms with E-state index in [2.05, 4.69) is 0 Å². The second-order valence-electron chi connectivity index (χ2n) is 2.53. The minimum absolute atomic E-state index is 0. The molecule has 4 nitrogen and oxygen atoms in total. The molecule has 0 saturated carbocycles. The minimum atomic E-state index is -4.38. The first kappa shape index (κ1) is 12.9. The van der Waals surface area contributed by atoms with Gasteiger partial charge in [0.15, 0.2) is 0 Å². The number of aryl methyl sites for hydroxylation is 1. The molecule has 6 heteroatoms. The average molecular weight is 209 g/mol. The Hall–Kier alpha value is -0.0700. The van der Waals surface area contributed by atoms with Gasteiger partial charge in [0.2, 0.25) is 0 Å². The van der Waals surface area contributed by atoms with Crippen LogP contribution < -0.4 is 35.3 Å². The SMILES string of the molecule is Cc1cc(N)cc(S(=O)(=O)[O-])c1.[Na+]. The number of nitrogen functional groups attached to an aromatic ring is 1. The monoisotopic (exact) mass is 209 g/mol. The number of rotatable bonds is 1. The van der Waals surface area contributed by atoms with Gasteiger partial charge in [-0.2, -0.15) is 0 Å². The average Bonchev–Trinajstić information content (AvgIpc) is 1.82. The van der Waals surface area contributed by atoms with Crippen molar-refractivity contribution in [3.63, 3.8) is 0 Å². The summed E-state index contributed by atoms with van der Waals surface area (Å²) in [7, 11) is -4.38. The van der Waals surface area contributed by atoms with Crippen LogP contribution in [0.2, 0.25) is 0 Å². The van der Waals surface area contributed by atoms with E-state index in [-0.39, 0.29) is 40.1 Å². The van der Waals surface area contributed by atoms with Crippen LogP contribution in [-0.4, -0.2) is 13.0 Å². The van der Waals surface area contributed by atoms with E-state index in [1.54, 1.807) is 13.0 Å². The number of nitrogens with two attached hydrogens (primary N) is 1. The third-order valence-electron chi connectivity index (χ3n) is 1.36. The van der Waals surface area contributed by atoms with Gasteiger partial charge in [-0.1, -0.05) is 0 Å². The van der Waals surface area contributed by atoms with Crippen molar-refractivity contribution in [3.05, 3.63) is 23.8 Å². The maximum Gasteiger partial charge on any atom is 1.00 e. The van der Waals surface area contributed by atoms with Crippen LogP contribution in [0.5, 0.6) is 0 Å². The molecular weight excluding hydrogens is 201 g/mol. The minimum Gasteiger partial charge on any atom is -0.744 e. The van der Waals surface area contributed by atoms with Crippen molar-refractivity contribution >= 4 is 15.8 Å². The van der Waals surface area contributed by atoms with E-state index in [9.17, 15) is 13.0 Å². The van der Waals surface area contributed by atoms with Gasteiger partial charge in [-0.05, 0) is 30.7 Å². The molecule has 13 heavy (non-hydrogen) atoms. The molecule has 1 rings (SSSR count). The van der Waals surface area contributed by atoms with Crippen molar-refractivity contribution in [1.29, 1.82) is 0 Å². The zero-order valence-corrected chi connectivity index (χ0v) is 10.3. The van der Waals surface area contributed by atoms with Gasteiger partial charge < -0.3 is 10.3 Å². The first-order valence-electron chi connectivity index (χ1n) is 3.22. The zero-order valence-electron chi connectivity index (χ0n) is 7.44. The van der Waals surface area contributed by atoms with Gasteiger partial charge >= 0.3 is 29.6 Å². The van der Waals surface area contributed by atoms with Gasteiger partial charge in [-0.15, -0.1) is 0 Å². The summed E-state index contributed by atoms with van der Waals surface area (Å²) in [5.41, 5.74) is 6.29. The van der Waals surface area contributed by atoms with Crippen molar-refractivity contribution in [1.82, 2.24) is 0 Å². The summed E-state index contributed by atoms with van der Waals surface area (Å²) in [5, 5.41) is 0. The second kappa shape index (κ2) is 4.43. The normalized spacial score (nSPS) is 10.6. The second-order valence-corrected chi connectivity index (χ2v) is 3.91. The van der Waals surface area contributed by atoms with Crippen LogP contribution >= 0.6 is 0 Å². The Bertz CT molecular complexity index is 382. The Labute approximate surface area is 99.2 Å². The molecule has 0 bridgehead atoms. The van der Waals surface area contributed by atoms with Crippen LogP contribution in [0.3, 0.4) is 0 Å². The maximum absolute atomic E-state index is 10.5. The molecule has 0 aliphatic carbocycles. The molecule has 0 atom stereocenters. The molecule has 66 valence electrons. The summed E-state index contributed by atoms with van der Waals surface area (Å²) in [4.78, 5) is -0.278. The molecule has 1 aromatic rings. The molecule has 0 heterocycles. The summed E-state index contributed by atoms with van der Waals surface area (Å²) in [6.07, 6.45) is 0. The topological polar surface area (TPSA) is 83.2 Å². The summed E-state index contributed by atoms with van der Waals surface area (Å²) >= 11 is 0. The predicted octanol–water partition coefficient (Wildman–Crippen LogP) is -2.51. The smallest absolute Gasteiger partial charge is 0.744 e. The molecule has 1 aromatic carbocycles. The van der Waals surface area contributed by atoms with Crippen molar-refractivity contribution in [2.75, 3.05) is 5.73 Å². The largest absolute Gasteiger partial charge is 1.00 e. The van der Waals surface area contributed by atoms with Crippen LogP contribution in [0.4, 0.5) is 5.69 Å².